The predicted octanol–water partition coefficient (Wildman–Crippen LogP) is 4.43. The molecule has 8 heteroatoms. The number of fused-ring (bicyclic) bond motifs is 3. The standard InChI is InChI=1S/C24H20N2O6/c27-23(28)14-25(13-16-7-1-6-12-22(16)26(30)31)24(29)32-15-21-19-10-4-2-8-17(19)18-9-3-5-11-20(18)21/h1-12,21H,13-15H2,(H,27,28). The summed E-state index contributed by atoms with van der Waals surface area (Å²) in [7, 11) is 0. The summed E-state index contributed by atoms with van der Waals surface area (Å²) in [4.78, 5) is 35.8. The van der Waals surface area contributed by atoms with Crippen LogP contribution in [0.3, 0.4) is 0 Å². The first-order valence-corrected chi connectivity index (χ1v) is 9.99. The molecule has 0 spiro atoms. The third kappa shape index (κ3) is 4.15. The maximum absolute atomic E-state index is 12.8. The van der Waals surface area contributed by atoms with E-state index in [1.165, 1.54) is 18.2 Å². The fourth-order valence-corrected chi connectivity index (χ4v) is 4.06. The van der Waals surface area contributed by atoms with Gasteiger partial charge in [-0.05, 0) is 22.3 Å². The molecule has 4 rings (SSSR count). The zero-order chi connectivity index (χ0) is 22.7. The molecule has 0 saturated carbocycles. The minimum absolute atomic E-state index is 0.0276. The van der Waals surface area contributed by atoms with E-state index in [1.807, 2.05) is 48.5 Å². The summed E-state index contributed by atoms with van der Waals surface area (Å²) >= 11 is 0. The molecule has 3 aromatic carbocycles. The van der Waals surface area contributed by atoms with Gasteiger partial charge >= 0.3 is 12.1 Å². The Bertz CT molecular complexity index is 1150. The van der Waals surface area contributed by atoms with E-state index in [0.717, 1.165) is 27.2 Å². The van der Waals surface area contributed by atoms with Gasteiger partial charge in [0.25, 0.3) is 5.69 Å². The lowest BCUT2D eigenvalue weighted by Crippen LogP contribution is -2.36. The van der Waals surface area contributed by atoms with Gasteiger partial charge in [-0.2, -0.15) is 0 Å². The number of amides is 1. The molecule has 8 nitrogen and oxygen atoms in total. The van der Waals surface area contributed by atoms with Crippen LogP contribution in [0.4, 0.5) is 10.5 Å². The zero-order valence-corrected chi connectivity index (χ0v) is 17.0. The van der Waals surface area contributed by atoms with Crippen molar-refractivity contribution in [1.29, 1.82) is 0 Å². The van der Waals surface area contributed by atoms with E-state index in [1.54, 1.807) is 6.07 Å². The summed E-state index contributed by atoms with van der Waals surface area (Å²) in [6.45, 7) is -0.858. The van der Waals surface area contributed by atoms with Crippen LogP contribution in [0.25, 0.3) is 11.1 Å². The molecule has 3 aromatic rings. The summed E-state index contributed by atoms with van der Waals surface area (Å²) in [6.07, 6.45) is -0.840. The highest BCUT2D eigenvalue weighted by Gasteiger charge is 2.30. The Hall–Kier alpha value is -4.20. The number of hydrogen-bond acceptors (Lipinski definition) is 5. The van der Waals surface area contributed by atoms with Crippen molar-refractivity contribution in [3.8, 4) is 11.1 Å². The number of carbonyl (C=O) groups is 2. The number of rotatable bonds is 7. The first-order chi connectivity index (χ1) is 15.5. The molecule has 162 valence electrons. The van der Waals surface area contributed by atoms with Gasteiger partial charge in [0.1, 0.15) is 13.2 Å². The molecule has 0 saturated heterocycles. The third-order valence-electron chi connectivity index (χ3n) is 5.47. The quantitative estimate of drug-likeness (QED) is 0.437. The highest BCUT2D eigenvalue weighted by atomic mass is 16.6. The monoisotopic (exact) mass is 432 g/mol. The van der Waals surface area contributed by atoms with Crippen LogP contribution < -0.4 is 0 Å². The largest absolute Gasteiger partial charge is 0.480 e. The van der Waals surface area contributed by atoms with Crippen LogP contribution in [0.15, 0.2) is 72.8 Å². The second-order valence-corrected chi connectivity index (χ2v) is 7.44. The number of ether oxygens (including phenoxy) is 1. The zero-order valence-electron chi connectivity index (χ0n) is 17.0. The van der Waals surface area contributed by atoms with Gasteiger partial charge in [0.15, 0.2) is 0 Å². The molecule has 0 unspecified atom stereocenters. The maximum Gasteiger partial charge on any atom is 0.410 e. The third-order valence-corrected chi connectivity index (χ3v) is 5.47. The van der Waals surface area contributed by atoms with E-state index in [0.29, 0.717) is 0 Å². The van der Waals surface area contributed by atoms with Crippen molar-refractivity contribution in [2.75, 3.05) is 13.2 Å². The maximum atomic E-state index is 12.8. The number of carboxylic acids is 1. The minimum Gasteiger partial charge on any atom is -0.480 e. The Labute approximate surface area is 183 Å². The van der Waals surface area contributed by atoms with Gasteiger partial charge in [-0.25, -0.2) is 4.79 Å². The number of hydrogen-bond donors (Lipinski definition) is 1. The molecule has 0 aliphatic heterocycles. The van der Waals surface area contributed by atoms with Crippen molar-refractivity contribution in [2.24, 2.45) is 0 Å². The summed E-state index contributed by atoms with van der Waals surface area (Å²) in [6, 6.07) is 21.6. The molecule has 1 amide bonds. The predicted molar refractivity (Wildman–Crippen MR) is 116 cm³/mol. The average molecular weight is 432 g/mol. The van der Waals surface area contributed by atoms with Crippen LogP contribution >= 0.6 is 0 Å². The molecule has 1 N–H and O–H groups in total. The van der Waals surface area contributed by atoms with Gasteiger partial charge in [-0.1, -0.05) is 66.7 Å². The van der Waals surface area contributed by atoms with Gasteiger partial charge in [-0.3, -0.25) is 19.8 Å². The fourth-order valence-electron chi connectivity index (χ4n) is 4.06. The lowest BCUT2D eigenvalue weighted by Gasteiger charge is -2.22. The van der Waals surface area contributed by atoms with Crippen LogP contribution in [0, 0.1) is 10.1 Å². The van der Waals surface area contributed by atoms with E-state index in [-0.39, 0.29) is 30.3 Å². The molecule has 0 radical (unpaired) electrons. The van der Waals surface area contributed by atoms with Crippen LogP contribution in [0.1, 0.15) is 22.6 Å². The highest BCUT2D eigenvalue weighted by Crippen LogP contribution is 2.44. The summed E-state index contributed by atoms with van der Waals surface area (Å²) in [5.74, 6) is -1.42. The SMILES string of the molecule is O=C(O)CN(Cc1ccccc1[N+](=O)[O-])C(=O)OCC1c2ccccc2-c2ccccc21. The first kappa shape index (κ1) is 21.0. The number of benzene rings is 3. The molecule has 0 fully saturated rings. The van der Waals surface area contributed by atoms with Gasteiger partial charge in [-0.15, -0.1) is 0 Å². The normalized spacial score (nSPS) is 12.0. The number of aliphatic carboxylic acids is 1. The first-order valence-electron chi connectivity index (χ1n) is 9.99. The Morgan fingerprint density at radius 3 is 2.09 bits per heavy atom. The van der Waals surface area contributed by atoms with Crippen LogP contribution in [0.2, 0.25) is 0 Å². The number of carboxylic acid groups (broad SMARTS) is 1. The Morgan fingerprint density at radius 2 is 1.50 bits per heavy atom. The van der Waals surface area contributed by atoms with Crippen molar-refractivity contribution in [2.45, 2.75) is 12.5 Å². The van der Waals surface area contributed by atoms with Crippen molar-refractivity contribution >= 4 is 17.7 Å². The summed E-state index contributed by atoms with van der Waals surface area (Å²) in [5, 5.41) is 20.5. The molecule has 1 aliphatic carbocycles. The van der Waals surface area contributed by atoms with Gasteiger partial charge in [0.05, 0.1) is 11.5 Å². The van der Waals surface area contributed by atoms with E-state index in [4.69, 9.17) is 4.74 Å². The molecule has 0 aromatic heterocycles. The van der Waals surface area contributed by atoms with Crippen LogP contribution in [-0.4, -0.2) is 40.1 Å². The van der Waals surface area contributed by atoms with Crippen molar-refractivity contribution < 1.29 is 24.4 Å². The lowest BCUT2D eigenvalue weighted by atomic mass is 9.98. The minimum atomic E-state index is -1.24. The topological polar surface area (TPSA) is 110 Å². The molecular formula is C24H20N2O6. The Balaban J connectivity index is 1.54. The summed E-state index contributed by atoms with van der Waals surface area (Å²) < 4.78 is 5.53. The van der Waals surface area contributed by atoms with Gasteiger partial charge in [0.2, 0.25) is 0 Å². The van der Waals surface area contributed by atoms with Crippen molar-refractivity contribution in [1.82, 2.24) is 4.90 Å². The summed E-state index contributed by atoms with van der Waals surface area (Å²) in [5.41, 5.74) is 4.26. The van der Waals surface area contributed by atoms with Crippen molar-refractivity contribution in [3.63, 3.8) is 0 Å². The van der Waals surface area contributed by atoms with Crippen molar-refractivity contribution in [3.05, 3.63) is 99.6 Å². The number of para-hydroxylation sites is 1. The Kier molecular flexibility index (Phi) is 5.85. The van der Waals surface area contributed by atoms with E-state index < -0.39 is 23.5 Å². The van der Waals surface area contributed by atoms with E-state index >= 15 is 0 Å². The van der Waals surface area contributed by atoms with Crippen LogP contribution in [0.5, 0.6) is 0 Å². The molecule has 1 aliphatic rings. The van der Waals surface area contributed by atoms with Crippen LogP contribution in [-0.2, 0) is 16.1 Å². The molecule has 32 heavy (non-hydrogen) atoms. The second-order valence-electron chi connectivity index (χ2n) is 7.44. The number of nitro benzene ring substituents is 1. The molecule has 0 heterocycles. The number of nitrogens with zero attached hydrogens (tertiary/aromatic N) is 2. The number of carbonyl (C=O) groups excluding carboxylic acids is 1. The molecular weight excluding hydrogens is 412 g/mol. The smallest absolute Gasteiger partial charge is 0.410 e. The Morgan fingerprint density at radius 1 is 0.938 bits per heavy atom. The second kappa shape index (κ2) is 8.89. The number of nitro groups is 1. The van der Waals surface area contributed by atoms with Gasteiger partial charge in [0, 0.05) is 17.5 Å². The fraction of sp³-hybridized carbons (Fsp3) is 0.167. The van der Waals surface area contributed by atoms with E-state index in [9.17, 15) is 24.8 Å². The molecule has 0 atom stereocenters. The highest BCUT2D eigenvalue weighted by molar-refractivity contribution is 5.79. The van der Waals surface area contributed by atoms with E-state index in [2.05, 4.69) is 0 Å². The lowest BCUT2D eigenvalue weighted by molar-refractivity contribution is -0.385. The molecule has 0 bridgehead atoms. The van der Waals surface area contributed by atoms with Gasteiger partial charge < -0.3 is 9.84 Å². The average Bonchev–Trinajstić information content (AvgIpc) is 3.11.